The standard InChI is InChI=1S/C10H12FN3OS/c1-2-8(9(12)16)14-10(15)6-3-4-13-5-7(6)11/h3-5,8H,2H2,1H3,(H2,12,16)(H,14,15). The number of thiocarbonyl (C=S) groups is 1. The van der Waals surface area contributed by atoms with Crippen molar-refractivity contribution >= 4 is 23.1 Å². The van der Waals surface area contributed by atoms with E-state index in [4.69, 9.17) is 18.0 Å². The first-order valence-electron chi connectivity index (χ1n) is 4.76. The van der Waals surface area contributed by atoms with E-state index in [0.29, 0.717) is 6.42 Å². The van der Waals surface area contributed by atoms with Gasteiger partial charge >= 0.3 is 0 Å². The molecule has 0 fully saturated rings. The van der Waals surface area contributed by atoms with Crippen molar-refractivity contribution in [1.82, 2.24) is 10.3 Å². The molecular weight excluding hydrogens is 229 g/mol. The van der Waals surface area contributed by atoms with Gasteiger partial charge in [0, 0.05) is 6.20 Å². The number of nitrogens with zero attached hydrogens (tertiary/aromatic N) is 1. The Hall–Kier alpha value is -1.56. The molecule has 1 unspecified atom stereocenters. The van der Waals surface area contributed by atoms with Gasteiger partial charge < -0.3 is 11.1 Å². The van der Waals surface area contributed by atoms with E-state index in [1.54, 1.807) is 0 Å². The number of pyridine rings is 1. The molecule has 1 heterocycles. The van der Waals surface area contributed by atoms with Crippen LogP contribution in [0.3, 0.4) is 0 Å². The summed E-state index contributed by atoms with van der Waals surface area (Å²) in [4.78, 5) is 15.4. The van der Waals surface area contributed by atoms with Crippen molar-refractivity contribution in [3.8, 4) is 0 Å². The smallest absolute Gasteiger partial charge is 0.254 e. The van der Waals surface area contributed by atoms with E-state index < -0.39 is 17.8 Å². The first-order valence-corrected chi connectivity index (χ1v) is 5.16. The van der Waals surface area contributed by atoms with Gasteiger partial charge in [0.05, 0.1) is 22.8 Å². The van der Waals surface area contributed by atoms with Gasteiger partial charge in [-0.15, -0.1) is 0 Å². The van der Waals surface area contributed by atoms with Crippen LogP contribution < -0.4 is 11.1 Å². The zero-order valence-corrected chi connectivity index (χ0v) is 9.55. The summed E-state index contributed by atoms with van der Waals surface area (Å²) in [6.07, 6.45) is 2.89. The van der Waals surface area contributed by atoms with Gasteiger partial charge in [0.1, 0.15) is 0 Å². The molecule has 0 aliphatic carbocycles. The molecule has 0 aliphatic heterocycles. The van der Waals surface area contributed by atoms with Gasteiger partial charge in [-0.1, -0.05) is 19.1 Å². The molecule has 0 radical (unpaired) electrons. The molecule has 16 heavy (non-hydrogen) atoms. The fourth-order valence-electron chi connectivity index (χ4n) is 1.17. The largest absolute Gasteiger partial charge is 0.392 e. The predicted molar refractivity (Wildman–Crippen MR) is 62.5 cm³/mol. The Morgan fingerprint density at radius 2 is 2.44 bits per heavy atom. The summed E-state index contributed by atoms with van der Waals surface area (Å²) in [5.41, 5.74) is 5.36. The predicted octanol–water partition coefficient (Wildman–Crippen LogP) is 1.02. The molecule has 0 bridgehead atoms. The summed E-state index contributed by atoms with van der Waals surface area (Å²) in [7, 11) is 0. The average Bonchev–Trinajstić information content (AvgIpc) is 2.25. The lowest BCUT2D eigenvalue weighted by atomic mass is 10.2. The highest BCUT2D eigenvalue weighted by molar-refractivity contribution is 7.80. The lowest BCUT2D eigenvalue weighted by Crippen LogP contribution is -2.43. The molecule has 1 aromatic rings. The molecule has 4 nitrogen and oxygen atoms in total. The van der Waals surface area contributed by atoms with Crippen molar-refractivity contribution in [1.29, 1.82) is 0 Å². The third kappa shape index (κ3) is 2.96. The van der Waals surface area contributed by atoms with Crippen LogP contribution in [0.5, 0.6) is 0 Å². The molecule has 0 spiro atoms. The second-order valence-corrected chi connectivity index (χ2v) is 3.66. The summed E-state index contributed by atoms with van der Waals surface area (Å²) in [6.45, 7) is 1.83. The van der Waals surface area contributed by atoms with E-state index in [1.165, 1.54) is 12.3 Å². The summed E-state index contributed by atoms with van der Waals surface area (Å²) >= 11 is 4.77. The number of halogens is 1. The SMILES string of the molecule is CCC(NC(=O)c1ccncc1F)C(N)=S. The van der Waals surface area contributed by atoms with Gasteiger partial charge in [-0.3, -0.25) is 9.78 Å². The molecule has 0 saturated heterocycles. The minimum atomic E-state index is -0.669. The number of hydrogen-bond acceptors (Lipinski definition) is 3. The Morgan fingerprint density at radius 3 is 2.94 bits per heavy atom. The van der Waals surface area contributed by atoms with Crippen LogP contribution in [0.25, 0.3) is 0 Å². The Balaban J connectivity index is 2.80. The minimum absolute atomic E-state index is 0.0651. The molecule has 1 amide bonds. The number of hydrogen-bond donors (Lipinski definition) is 2. The number of nitrogens with one attached hydrogen (secondary N) is 1. The first kappa shape index (κ1) is 12.5. The van der Waals surface area contributed by atoms with Crippen LogP contribution in [0.1, 0.15) is 23.7 Å². The molecule has 1 aromatic heterocycles. The van der Waals surface area contributed by atoms with Crippen LogP contribution in [-0.2, 0) is 0 Å². The topological polar surface area (TPSA) is 68.0 Å². The molecule has 0 saturated carbocycles. The van der Waals surface area contributed by atoms with E-state index >= 15 is 0 Å². The van der Waals surface area contributed by atoms with Gasteiger partial charge in [0.2, 0.25) is 0 Å². The zero-order chi connectivity index (χ0) is 12.1. The molecule has 0 aliphatic rings. The van der Waals surface area contributed by atoms with Gasteiger partial charge in [-0.2, -0.15) is 0 Å². The highest BCUT2D eigenvalue weighted by atomic mass is 32.1. The van der Waals surface area contributed by atoms with Crippen LogP contribution in [0.2, 0.25) is 0 Å². The lowest BCUT2D eigenvalue weighted by molar-refractivity contribution is 0.0942. The molecule has 86 valence electrons. The van der Waals surface area contributed by atoms with Crippen molar-refractivity contribution in [3.63, 3.8) is 0 Å². The summed E-state index contributed by atoms with van der Waals surface area (Å²) in [6, 6.07) is 0.881. The second kappa shape index (κ2) is 5.50. The van der Waals surface area contributed by atoms with E-state index in [-0.39, 0.29) is 10.6 Å². The number of aromatic nitrogens is 1. The van der Waals surface area contributed by atoms with E-state index in [9.17, 15) is 9.18 Å². The van der Waals surface area contributed by atoms with Crippen LogP contribution in [-0.4, -0.2) is 21.9 Å². The van der Waals surface area contributed by atoms with Crippen molar-refractivity contribution in [2.24, 2.45) is 5.73 Å². The Bertz CT molecular complexity index is 411. The van der Waals surface area contributed by atoms with Gasteiger partial charge in [0.25, 0.3) is 5.91 Å². The molecule has 3 N–H and O–H groups in total. The monoisotopic (exact) mass is 241 g/mol. The maximum Gasteiger partial charge on any atom is 0.254 e. The Kier molecular flexibility index (Phi) is 4.30. The number of carbonyl (C=O) groups is 1. The highest BCUT2D eigenvalue weighted by Gasteiger charge is 2.16. The Morgan fingerprint density at radius 1 is 1.75 bits per heavy atom. The number of amides is 1. The van der Waals surface area contributed by atoms with Crippen LogP contribution in [0.15, 0.2) is 18.5 Å². The fourth-order valence-corrected chi connectivity index (χ4v) is 1.40. The second-order valence-electron chi connectivity index (χ2n) is 3.19. The normalized spacial score (nSPS) is 11.9. The maximum absolute atomic E-state index is 13.2. The van der Waals surface area contributed by atoms with E-state index in [0.717, 1.165) is 6.20 Å². The van der Waals surface area contributed by atoms with Gasteiger partial charge in [-0.25, -0.2) is 4.39 Å². The number of nitrogens with two attached hydrogens (primary N) is 1. The third-order valence-corrected chi connectivity index (χ3v) is 2.36. The Labute approximate surface area is 98.1 Å². The van der Waals surface area contributed by atoms with Crippen molar-refractivity contribution in [3.05, 3.63) is 29.8 Å². The molecule has 6 heteroatoms. The van der Waals surface area contributed by atoms with Crippen LogP contribution in [0.4, 0.5) is 4.39 Å². The highest BCUT2D eigenvalue weighted by Crippen LogP contribution is 2.05. The van der Waals surface area contributed by atoms with Gasteiger partial charge in [-0.05, 0) is 12.5 Å². The van der Waals surface area contributed by atoms with Gasteiger partial charge in [0.15, 0.2) is 5.82 Å². The first-order chi connectivity index (χ1) is 7.56. The fraction of sp³-hybridized carbons (Fsp3) is 0.300. The van der Waals surface area contributed by atoms with Crippen molar-refractivity contribution in [2.75, 3.05) is 0 Å². The molecule has 1 atom stereocenters. The zero-order valence-electron chi connectivity index (χ0n) is 8.74. The van der Waals surface area contributed by atoms with Crippen molar-refractivity contribution < 1.29 is 9.18 Å². The van der Waals surface area contributed by atoms with Crippen LogP contribution >= 0.6 is 12.2 Å². The summed E-state index contributed by atoms with van der Waals surface area (Å²) in [5, 5.41) is 2.55. The quantitative estimate of drug-likeness (QED) is 0.772. The summed E-state index contributed by atoms with van der Waals surface area (Å²) in [5.74, 6) is -1.21. The number of carbonyl (C=O) groups excluding carboxylic acids is 1. The van der Waals surface area contributed by atoms with Crippen LogP contribution in [0, 0.1) is 5.82 Å². The van der Waals surface area contributed by atoms with Crippen molar-refractivity contribution in [2.45, 2.75) is 19.4 Å². The minimum Gasteiger partial charge on any atom is -0.392 e. The molecule has 1 rings (SSSR count). The molecular formula is C10H12FN3OS. The lowest BCUT2D eigenvalue weighted by Gasteiger charge is -2.15. The van der Waals surface area contributed by atoms with E-state index in [1.807, 2.05) is 6.92 Å². The number of rotatable bonds is 4. The van der Waals surface area contributed by atoms with E-state index in [2.05, 4.69) is 10.3 Å². The molecule has 0 aromatic carbocycles. The average molecular weight is 241 g/mol. The third-order valence-electron chi connectivity index (χ3n) is 2.07. The summed E-state index contributed by atoms with van der Waals surface area (Å²) < 4.78 is 13.2. The maximum atomic E-state index is 13.2.